The zero-order valence-corrected chi connectivity index (χ0v) is 13.0. The number of rotatable bonds is 4. The summed E-state index contributed by atoms with van der Waals surface area (Å²) < 4.78 is 6.00. The van der Waals surface area contributed by atoms with E-state index in [9.17, 15) is 9.59 Å². The van der Waals surface area contributed by atoms with Crippen LogP contribution in [0.3, 0.4) is 0 Å². The van der Waals surface area contributed by atoms with Gasteiger partial charge in [0.25, 0.3) is 0 Å². The Morgan fingerprint density at radius 3 is 2.50 bits per heavy atom. The highest BCUT2D eigenvalue weighted by atomic mass is 32.1. The molecule has 2 rings (SSSR count). The molecule has 1 aromatic carbocycles. The molecular formula is C16H18O3S. The molecule has 0 radical (unpaired) electrons. The van der Waals surface area contributed by atoms with Crippen LogP contribution in [0.2, 0.25) is 0 Å². The highest BCUT2D eigenvalue weighted by Gasteiger charge is 2.21. The van der Waals surface area contributed by atoms with E-state index in [4.69, 9.17) is 4.74 Å². The number of aryl methyl sites for hydroxylation is 2. The van der Waals surface area contributed by atoms with Gasteiger partial charge in [0.2, 0.25) is 0 Å². The Morgan fingerprint density at radius 2 is 1.95 bits per heavy atom. The fourth-order valence-electron chi connectivity index (χ4n) is 2.40. The van der Waals surface area contributed by atoms with Crippen LogP contribution in [-0.2, 0) is 11.2 Å². The molecule has 20 heavy (non-hydrogen) atoms. The minimum atomic E-state index is -0.303. The first-order chi connectivity index (χ1) is 9.51. The average molecular weight is 290 g/mol. The molecule has 0 amide bonds. The monoisotopic (exact) mass is 290 g/mol. The maximum atomic E-state index is 12.0. The van der Waals surface area contributed by atoms with E-state index in [0.717, 1.165) is 27.6 Å². The van der Waals surface area contributed by atoms with Gasteiger partial charge in [0.1, 0.15) is 4.88 Å². The van der Waals surface area contributed by atoms with Crippen LogP contribution in [0.15, 0.2) is 12.1 Å². The standard InChI is InChI=1S/C16H18O3S/c1-5-11-7-8-12(10(4)17)15-13(11)9(3)14(20-15)16(18)19-6-2/h7-8H,5-6H2,1-4H3. The van der Waals surface area contributed by atoms with Crippen molar-refractivity contribution in [1.82, 2.24) is 0 Å². The van der Waals surface area contributed by atoms with E-state index in [0.29, 0.717) is 17.0 Å². The van der Waals surface area contributed by atoms with Crippen LogP contribution in [0.1, 0.15) is 51.9 Å². The van der Waals surface area contributed by atoms with E-state index in [2.05, 4.69) is 6.92 Å². The molecule has 0 bridgehead atoms. The minimum absolute atomic E-state index is 0.0225. The maximum absolute atomic E-state index is 12.0. The van der Waals surface area contributed by atoms with Gasteiger partial charge in [-0.1, -0.05) is 13.0 Å². The van der Waals surface area contributed by atoms with Crippen molar-refractivity contribution in [2.45, 2.75) is 34.1 Å². The molecule has 0 aliphatic rings. The second-order valence-electron chi connectivity index (χ2n) is 4.66. The lowest BCUT2D eigenvalue weighted by atomic mass is 9.99. The van der Waals surface area contributed by atoms with Crippen molar-refractivity contribution in [2.75, 3.05) is 6.61 Å². The number of hydrogen-bond acceptors (Lipinski definition) is 4. The molecule has 0 aliphatic heterocycles. The molecule has 0 atom stereocenters. The zero-order chi connectivity index (χ0) is 14.9. The summed E-state index contributed by atoms with van der Waals surface area (Å²) in [6, 6.07) is 3.84. The van der Waals surface area contributed by atoms with E-state index in [1.807, 2.05) is 19.1 Å². The van der Waals surface area contributed by atoms with Crippen LogP contribution < -0.4 is 0 Å². The van der Waals surface area contributed by atoms with E-state index in [1.165, 1.54) is 11.3 Å². The number of hydrogen-bond donors (Lipinski definition) is 0. The van der Waals surface area contributed by atoms with Crippen LogP contribution in [0.4, 0.5) is 0 Å². The molecule has 3 nitrogen and oxygen atoms in total. The predicted octanol–water partition coefficient (Wildman–Crippen LogP) is 4.15. The van der Waals surface area contributed by atoms with Gasteiger partial charge in [-0.2, -0.15) is 0 Å². The number of ketones is 1. The predicted molar refractivity (Wildman–Crippen MR) is 81.9 cm³/mol. The highest BCUT2D eigenvalue weighted by molar-refractivity contribution is 7.21. The molecule has 2 aromatic rings. The number of benzene rings is 1. The average Bonchev–Trinajstić information content (AvgIpc) is 2.76. The van der Waals surface area contributed by atoms with Gasteiger partial charge in [0.05, 0.1) is 6.61 Å². The van der Waals surface area contributed by atoms with Crippen molar-refractivity contribution < 1.29 is 14.3 Å². The third kappa shape index (κ3) is 2.36. The molecule has 0 spiro atoms. The lowest BCUT2D eigenvalue weighted by Gasteiger charge is -2.05. The number of ether oxygens (including phenoxy) is 1. The fraction of sp³-hybridized carbons (Fsp3) is 0.375. The summed E-state index contributed by atoms with van der Waals surface area (Å²) in [6.07, 6.45) is 0.870. The topological polar surface area (TPSA) is 43.4 Å². The van der Waals surface area contributed by atoms with E-state index in [-0.39, 0.29) is 11.8 Å². The number of esters is 1. The van der Waals surface area contributed by atoms with Gasteiger partial charge >= 0.3 is 5.97 Å². The molecule has 0 N–H and O–H groups in total. The largest absolute Gasteiger partial charge is 0.462 e. The molecule has 1 aromatic heterocycles. The Labute approximate surface area is 122 Å². The van der Waals surface area contributed by atoms with Crippen molar-refractivity contribution in [3.63, 3.8) is 0 Å². The first-order valence-electron chi connectivity index (χ1n) is 6.74. The van der Waals surface area contributed by atoms with Crippen LogP contribution in [0.25, 0.3) is 10.1 Å². The van der Waals surface area contributed by atoms with Gasteiger partial charge in [0, 0.05) is 15.6 Å². The summed E-state index contributed by atoms with van der Waals surface area (Å²) in [4.78, 5) is 24.4. The Hall–Kier alpha value is -1.68. The quantitative estimate of drug-likeness (QED) is 0.627. The molecule has 1 heterocycles. The van der Waals surface area contributed by atoms with Crippen molar-refractivity contribution in [1.29, 1.82) is 0 Å². The Morgan fingerprint density at radius 1 is 1.25 bits per heavy atom. The van der Waals surface area contributed by atoms with Gasteiger partial charge in [0.15, 0.2) is 5.78 Å². The summed E-state index contributed by atoms with van der Waals surface area (Å²) in [6.45, 7) is 7.70. The van der Waals surface area contributed by atoms with E-state index < -0.39 is 0 Å². The summed E-state index contributed by atoms with van der Waals surface area (Å²) in [5, 5.41) is 1.04. The van der Waals surface area contributed by atoms with Crippen molar-refractivity contribution in [2.24, 2.45) is 0 Å². The lowest BCUT2D eigenvalue weighted by Crippen LogP contribution is -2.03. The van der Waals surface area contributed by atoms with Crippen LogP contribution in [0, 0.1) is 6.92 Å². The number of thiophene rings is 1. The number of fused-ring (bicyclic) bond motifs is 1. The molecule has 0 unspecified atom stereocenters. The highest BCUT2D eigenvalue weighted by Crippen LogP contribution is 2.36. The maximum Gasteiger partial charge on any atom is 0.348 e. The summed E-state index contributed by atoms with van der Waals surface area (Å²) in [5.74, 6) is -0.280. The molecule has 106 valence electrons. The van der Waals surface area contributed by atoms with Gasteiger partial charge < -0.3 is 4.74 Å². The zero-order valence-electron chi connectivity index (χ0n) is 12.2. The second kappa shape index (κ2) is 5.75. The van der Waals surface area contributed by atoms with Crippen molar-refractivity contribution >= 4 is 33.2 Å². The number of Topliss-reactive ketones (excluding diaryl/α,β-unsaturated/α-hetero) is 1. The minimum Gasteiger partial charge on any atom is -0.462 e. The van der Waals surface area contributed by atoms with Crippen molar-refractivity contribution in [3.8, 4) is 0 Å². The van der Waals surface area contributed by atoms with Crippen LogP contribution >= 0.6 is 11.3 Å². The molecule has 0 fully saturated rings. The fourth-order valence-corrected chi connectivity index (χ4v) is 3.71. The molecule has 4 heteroatoms. The van der Waals surface area contributed by atoms with Crippen LogP contribution in [-0.4, -0.2) is 18.4 Å². The summed E-state index contributed by atoms with van der Waals surface area (Å²) >= 11 is 1.36. The SMILES string of the molecule is CCOC(=O)c1sc2c(C(C)=O)ccc(CC)c2c1C. The van der Waals surface area contributed by atoms with E-state index in [1.54, 1.807) is 13.8 Å². The van der Waals surface area contributed by atoms with Gasteiger partial charge in [-0.05, 0) is 44.4 Å². The third-order valence-corrected chi connectivity index (χ3v) is 4.69. The van der Waals surface area contributed by atoms with Gasteiger partial charge in [-0.25, -0.2) is 4.79 Å². The van der Waals surface area contributed by atoms with Crippen molar-refractivity contribution in [3.05, 3.63) is 33.7 Å². The molecule has 0 saturated carbocycles. The Bertz CT molecular complexity index is 683. The number of carbonyl (C=O) groups is 2. The molecule has 0 aliphatic carbocycles. The lowest BCUT2D eigenvalue weighted by molar-refractivity contribution is 0.0531. The van der Waals surface area contributed by atoms with Gasteiger partial charge in [-0.3, -0.25) is 4.79 Å². The Balaban J connectivity index is 2.76. The summed E-state index contributed by atoms with van der Waals surface area (Å²) in [7, 11) is 0. The third-order valence-electron chi connectivity index (χ3n) is 3.38. The smallest absolute Gasteiger partial charge is 0.348 e. The molecule has 0 saturated heterocycles. The second-order valence-corrected chi connectivity index (χ2v) is 5.68. The van der Waals surface area contributed by atoms with Gasteiger partial charge in [-0.15, -0.1) is 11.3 Å². The Kier molecular flexibility index (Phi) is 4.23. The van der Waals surface area contributed by atoms with E-state index >= 15 is 0 Å². The first kappa shape index (κ1) is 14.7. The number of carbonyl (C=O) groups excluding carboxylic acids is 2. The molecular weight excluding hydrogens is 272 g/mol. The normalized spacial score (nSPS) is 10.8. The van der Waals surface area contributed by atoms with Crippen LogP contribution in [0.5, 0.6) is 0 Å². The summed E-state index contributed by atoms with van der Waals surface area (Å²) in [5.41, 5.74) is 2.76. The first-order valence-corrected chi connectivity index (χ1v) is 7.55.